The first kappa shape index (κ1) is 22.0. The topological polar surface area (TPSA) is 59.9 Å². The van der Waals surface area contributed by atoms with Gasteiger partial charge in [-0.2, -0.15) is 5.10 Å². The smallest absolute Gasteiger partial charge is 0.271 e. The third-order valence-corrected chi connectivity index (χ3v) is 4.91. The Morgan fingerprint density at radius 1 is 0.967 bits per heavy atom. The second-order valence-corrected chi connectivity index (χ2v) is 7.42. The zero-order valence-electron chi connectivity index (χ0n) is 15.9. The molecule has 0 bridgehead atoms. The fourth-order valence-electron chi connectivity index (χ4n) is 2.51. The van der Waals surface area contributed by atoms with Crippen LogP contribution in [0.4, 0.5) is 0 Å². The summed E-state index contributed by atoms with van der Waals surface area (Å²) in [7, 11) is 1.54. The lowest BCUT2D eigenvalue weighted by atomic mass is 10.2. The predicted molar refractivity (Wildman–Crippen MR) is 120 cm³/mol. The summed E-state index contributed by atoms with van der Waals surface area (Å²) in [6.07, 6.45) is 1.51. The molecular formula is C22H17Cl3N2O3. The summed E-state index contributed by atoms with van der Waals surface area (Å²) in [5.74, 6) is 0.730. The first-order valence-corrected chi connectivity index (χ1v) is 9.93. The highest BCUT2D eigenvalue weighted by Crippen LogP contribution is 2.29. The Balaban J connectivity index is 1.63. The van der Waals surface area contributed by atoms with Crippen LogP contribution in [0.15, 0.2) is 65.8 Å². The lowest BCUT2D eigenvalue weighted by Gasteiger charge is -2.12. The van der Waals surface area contributed by atoms with Gasteiger partial charge in [0.05, 0.1) is 13.3 Å². The number of hydrogen-bond donors (Lipinski definition) is 1. The summed E-state index contributed by atoms with van der Waals surface area (Å²) in [4.78, 5) is 12.1. The van der Waals surface area contributed by atoms with E-state index in [1.54, 1.807) is 61.7 Å². The largest absolute Gasteiger partial charge is 0.493 e. The molecule has 0 fully saturated rings. The maximum atomic E-state index is 12.1. The van der Waals surface area contributed by atoms with Gasteiger partial charge in [0.15, 0.2) is 11.5 Å². The molecule has 5 nitrogen and oxygen atoms in total. The number of carbonyl (C=O) groups is 1. The number of hydrazone groups is 1. The minimum Gasteiger partial charge on any atom is -0.493 e. The quantitative estimate of drug-likeness (QED) is 0.345. The number of rotatable bonds is 7. The molecule has 3 aromatic carbocycles. The molecule has 3 aromatic rings. The van der Waals surface area contributed by atoms with Crippen molar-refractivity contribution in [1.82, 2.24) is 5.43 Å². The molecule has 0 radical (unpaired) electrons. The average Bonchev–Trinajstić information content (AvgIpc) is 2.74. The van der Waals surface area contributed by atoms with E-state index in [0.29, 0.717) is 32.1 Å². The molecule has 0 unspecified atom stereocenters. The minimum atomic E-state index is -0.338. The molecule has 0 aliphatic carbocycles. The lowest BCUT2D eigenvalue weighted by Crippen LogP contribution is -2.17. The third-order valence-electron chi connectivity index (χ3n) is 4.07. The number of nitrogens with zero attached hydrogens (tertiary/aromatic N) is 1. The fourth-order valence-corrected chi connectivity index (χ4v) is 3.10. The highest BCUT2D eigenvalue weighted by molar-refractivity contribution is 6.35. The van der Waals surface area contributed by atoms with Crippen LogP contribution >= 0.6 is 34.8 Å². The van der Waals surface area contributed by atoms with Crippen LogP contribution in [0.2, 0.25) is 15.1 Å². The van der Waals surface area contributed by atoms with Crippen LogP contribution in [0.25, 0.3) is 0 Å². The summed E-state index contributed by atoms with van der Waals surface area (Å²) in [6, 6.07) is 17.0. The molecule has 30 heavy (non-hydrogen) atoms. The first-order chi connectivity index (χ1) is 14.5. The molecule has 0 atom stereocenters. The molecule has 1 amide bonds. The Bertz CT molecular complexity index is 1070. The number of carbonyl (C=O) groups excluding carboxylic acids is 1. The van der Waals surface area contributed by atoms with Gasteiger partial charge in [-0.1, -0.05) is 40.9 Å². The van der Waals surface area contributed by atoms with Crippen LogP contribution in [-0.2, 0) is 6.61 Å². The molecule has 0 saturated carbocycles. The van der Waals surface area contributed by atoms with E-state index in [4.69, 9.17) is 44.3 Å². The van der Waals surface area contributed by atoms with Gasteiger partial charge in [0.2, 0.25) is 0 Å². The van der Waals surface area contributed by atoms with E-state index in [1.807, 2.05) is 6.07 Å². The molecule has 0 spiro atoms. The molecule has 1 N–H and O–H groups in total. The number of nitrogens with one attached hydrogen (secondary N) is 1. The second-order valence-electron chi connectivity index (χ2n) is 6.14. The van der Waals surface area contributed by atoms with Gasteiger partial charge in [-0.05, 0) is 60.2 Å². The monoisotopic (exact) mass is 462 g/mol. The van der Waals surface area contributed by atoms with Crippen LogP contribution in [0.3, 0.4) is 0 Å². The Morgan fingerprint density at radius 2 is 1.70 bits per heavy atom. The molecule has 0 saturated heterocycles. The van der Waals surface area contributed by atoms with Gasteiger partial charge >= 0.3 is 0 Å². The van der Waals surface area contributed by atoms with Crippen LogP contribution in [0.1, 0.15) is 21.5 Å². The molecule has 0 aromatic heterocycles. The highest BCUT2D eigenvalue weighted by Gasteiger charge is 2.08. The Morgan fingerprint density at radius 3 is 2.40 bits per heavy atom. The van der Waals surface area contributed by atoms with Crippen molar-refractivity contribution in [3.63, 3.8) is 0 Å². The molecule has 0 heterocycles. The van der Waals surface area contributed by atoms with E-state index in [0.717, 1.165) is 11.1 Å². The predicted octanol–water partition coefficient (Wildman–Crippen LogP) is 6.00. The van der Waals surface area contributed by atoms with Crippen molar-refractivity contribution in [1.29, 1.82) is 0 Å². The molecular weight excluding hydrogens is 447 g/mol. The van der Waals surface area contributed by atoms with Crippen molar-refractivity contribution in [2.45, 2.75) is 6.61 Å². The zero-order valence-corrected chi connectivity index (χ0v) is 18.1. The second kappa shape index (κ2) is 10.3. The summed E-state index contributed by atoms with van der Waals surface area (Å²) >= 11 is 17.9. The van der Waals surface area contributed by atoms with Gasteiger partial charge in [0, 0.05) is 26.2 Å². The summed E-state index contributed by atoms with van der Waals surface area (Å²) in [6.45, 7) is 0.261. The van der Waals surface area contributed by atoms with Crippen molar-refractivity contribution in [3.8, 4) is 11.5 Å². The summed E-state index contributed by atoms with van der Waals surface area (Å²) < 4.78 is 11.2. The van der Waals surface area contributed by atoms with E-state index >= 15 is 0 Å². The summed E-state index contributed by atoms with van der Waals surface area (Å²) in [5.41, 5.74) is 4.45. The van der Waals surface area contributed by atoms with Crippen LogP contribution < -0.4 is 14.9 Å². The lowest BCUT2D eigenvalue weighted by molar-refractivity contribution is 0.0955. The Hall–Kier alpha value is -2.73. The van der Waals surface area contributed by atoms with Crippen molar-refractivity contribution in [2.24, 2.45) is 5.10 Å². The fraction of sp³-hybridized carbons (Fsp3) is 0.0909. The highest BCUT2D eigenvalue weighted by atomic mass is 35.5. The van der Waals surface area contributed by atoms with E-state index < -0.39 is 0 Å². The van der Waals surface area contributed by atoms with E-state index in [1.165, 1.54) is 6.21 Å². The standard InChI is InChI=1S/C22H17Cl3N2O3/c1-29-21-10-14(12-26-27-22(28)15-3-6-17(23)7-4-15)2-9-20(21)30-13-16-5-8-18(24)11-19(16)25/h2-12H,13H2,1H3,(H,27,28)/b26-12-. The van der Waals surface area contributed by atoms with Crippen molar-refractivity contribution < 1.29 is 14.3 Å². The normalized spacial score (nSPS) is 10.8. The Labute approximate surface area is 189 Å². The minimum absolute atomic E-state index is 0.261. The molecule has 154 valence electrons. The molecule has 3 rings (SSSR count). The number of amides is 1. The van der Waals surface area contributed by atoms with Crippen molar-refractivity contribution >= 4 is 46.9 Å². The van der Waals surface area contributed by atoms with E-state index in [-0.39, 0.29) is 12.5 Å². The number of ether oxygens (including phenoxy) is 2. The van der Waals surface area contributed by atoms with E-state index in [9.17, 15) is 4.79 Å². The molecule has 8 heteroatoms. The first-order valence-electron chi connectivity index (χ1n) is 8.80. The van der Waals surface area contributed by atoms with Gasteiger partial charge in [-0.3, -0.25) is 4.79 Å². The summed E-state index contributed by atoms with van der Waals surface area (Å²) in [5, 5.41) is 5.63. The number of halogens is 3. The van der Waals surface area contributed by atoms with Crippen LogP contribution in [0.5, 0.6) is 11.5 Å². The van der Waals surface area contributed by atoms with Gasteiger partial charge in [0.1, 0.15) is 6.61 Å². The van der Waals surface area contributed by atoms with Crippen LogP contribution in [-0.4, -0.2) is 19.2 Å². The zero-order chi connectivity index (χ0) is 21.5. The van der Waals surface area contributed by atoms with Crippen molar-refractivity contribution in [2.75, 3.05) is 7.11 Å². The van der Waals surface area contributed by atoms with Gasteiger partial charge in [0.25, 0.3) is 5.91 Å². The van der Waals surface area contributed by atoms with Gasteiger partial charge < -0.3 is 9.47 Å². The maximum Gasteiger partial charge on any atom is 0.271 e. The maximum absolute atomic E-state index is 12.1. The van der Waals surface area contributed by atoms with Gasteiger partial charge in [-0.25, -0.2) is 5.43 Å². The average molecular weight is 464 g/mol. The van der Waals surface area contributed by atoms with Crippen molar-refractivity contribution in [3.05, 3.63) is 92.4 Å². The molecule has 0 aliphatic rings. The van der Waals surface area contributed by atoms with E-state index in [2.05, 4.69) is 10.5 Å². The number of hydrogen-bond acceptors (Lipinski definition) is 4. The SMILES string of the molecule is COc1cc(/C=N\NC(=O)c2ccc(Cl)cc2)ccc1OCc1ccc(Cl)cc1Cl. The Kier molecular flexibility index (Phi) is 7.57. The van der Waals surface area contributed by atoms with Gasteiger partial charge in [-0.15, -0.1) is 0 Å². The molecule has 0 aliphatic heterocycles. The number of methoxy groups -OCH3 is 1. The third kappa shape index (κ3) is 5.89. The number of benzene rings is 3. The van der Waals surface area contributed by atoms with Crippen LogP contribution in [0, 0.1) is 0 Å².